The van der Waals surface area contributed by atoms with E-state index in [-0.39, 0.29) is 22.8 Å². The molecule has 0 saturated carbocycles. The molecule has 1 aromatic rings. The van der Waals surface area contributed by atoms with Crippen molar-refractivity contribution in [1.82, 2.24) is 9.88 Å². The summed E-state index contributed by atoms with van der Waals surface area (Å²) in [5, 5.41) is 0. The first kappa shape index (κ1) is 13.5. The third-order valence-electron chi connectivity index (χ3n) is 3.43. The van der Waals surface area contributed by atoms with Crippen molar-refractivity contribution in [2.45, 2.75) is 59.5 Å². The van der Waals surface area contributed by atoms with Gasteiger partial charge in [-0.2, -0.15) is 0 Å². The first-order chi connectivity index (χ1) is 8.12. The van der Waals surface area contributed by atoms with Crippen LogP contribution in [0.15, 0.2) is 5.51 Å². The molecule has 0 aliphatic carbocycles. The second kappa shape index (κ2) is 4.05. The lowest BCUT2D eigenvalue weighted by atomic mass is 9.76. The molecule has 2 heterocycles. The lowest BCUT2D eigenvalue weighted by molar-refractivity contribution is -0.142. The molecule has 1 unspecified atom stereocenters. The molecule has 0 N–H and O–H groups in total. The summed E-state index contributed by atoms with van der Waals surface area (Å²) in [4.78, 5) is 20.4. The number of rotatable bonds is 0. The highest BCUT2D eigenvalue weighted by molar-refractivity contribution is 7.10. The van der Waals surface area contributed by atoms with Gasteiger partial charge in [0.05, 0.1) is 23.7 Å². The first-order valence-electron chi connectivity index (χ1n) is 6.36. The van der Waals surface area contributed by atoms with Crippen LogP contribution in [0, 0.1) is 5.41 Å². The minimum atomic E-state index is -0.151. The quantitative estimate of drug-likeness (QED) is 0.721. The van der Waals surface area contributed by atoms with Crippen LogP contribution in [0.3, 0.4) is 0 Å². The molecule has 0 saturated heterocycles. The summed E-state index contributed by atoms with van der Waals surface area (Å²) in [7, 11) is 0. The van der Waals surface area contributed by atoms with Gasteiger partial charge in [0.15, 0.2) is 0 Å². The monoisotopic (exact) mass is 266 g/mol. The fraction of sp³-hybridized carbons (Fsp3) is 0.714. The summed E-state index contributed by atoms with van der Waals surface area (Å²) < 4.78 is 0. The Balaban J connectivity index is 2.51. The fourth-order valence-electron chi connectivity index (χ4n) is 2.46. The lowest BCUT2D eigenvalue weighted by Gasteiger charge is -2.44. The minimum Gasteiger partial charge on any atom is -0.331 e. The van der Waals surface area contributed by atoms with Crippen LogP contribution in [0.5, 0.6) is 0 Å². The highest BCUT2D eigenvalue weighted by Gasteiger charge is 2.44. The maximum Gasteiger partial charge on any atom is 0.232 e. The third kappa shape index (κ3) is 2.18. The smallest absolute Gasteiger partial charge is 0.232 e. The maximum atomic E-state index is 12.8. The number of fused-ring (bicyclic) bond motifs is 1. The third-order valence-corrected chi connectivity index (χ3v) is 4.37. The minimum absolute atomic E-state index is 0.0621. The molecule has 3 nitrogen and oxygen atoms in total. The molecule has 18 heavy (non-hydrogen) atoms. The molecule has 1 atom stereocenters. The van der Waals surface area contributed by atoms with Crippen molar-refractivity contribution in [2.24, 2.45) is 5.41 Å². The predicted octanol–water partition coefficient (Wildman–Crippen LogP) is 3.41. The molecule has 0 bridgehead atoms. The number of carbonyl (C=O) groups is 1. The van der Waals surface area contributed by atoms with Gasteiger partial charge in [-0.05, 0) is 26.2 Å². The summed E-state index contributed by atoms with van der Waals surface area (Å²) in [5.41, 5.74) is 2.72. The van der Waals surface area contributed by atoms with Gasteiger partial charge in [-0.1, -0.05) is 20.8 Å². The number of carbonyl (C=O) groups excluding carboxylic acids is 1. The normalized spacial score (nSPS) is 21.1. The molecule has 1 aliphatic rings. The van der Waals surface area contributed by atoms with E-state index in [1.165, 1.54) is 0 Å². The SMILES string of the molecule is CC(C)(C)C1C(=O)N(C(C)(C)C)Cc2ncsc21. The van der Waals surface area contributed by atoms with Gasteiger partial charge in [-0.3, -0.25) is 4.79 Å². The van der Waals surface area contributed by atoms with E-state index in [0.717, 1.165) is 10.6 Å². The first-order valence-corrected chi connectivity index (χ1v) is 7.24. The van der Waals surface area contributed by atoms with Gasteiger partial charge in [0.25, 0.3) is 0 Å². The van der Waals surface area contributed by atoms with Crippen molar-refractivity contribution in [3.63, 3.8) is 0 Å². The number of thiazole rings is 1. The highest BCUT2D eigenvalue weighted by atomic mass is 32.1. The zero-order valence-corrected chi connectivity index (χ0v) is 12.9. The summed E-state index contributed by atoms with van der Waals surface area (Å²) in [6, 6.07) is 0. The van der Waals surface area contributed by atoms with Gasteiger partial charge >= 0.3 is 0 Å². The van der Waals surface area contributed by atoms with Crippen LogP contribution >= 0.6 is 11.3 Å². The molecule has 100 valence electrons. The van der Waals surface area contributed by atoms with Crippen molar-refractivity contribution in [2.75, 3.05) is 0 Å². The van der Waals surface area contributed by atoms with Crippen molar-refractivity contribution in [1.29, 1.82) is 0 Å². The van der Waals surface area contributed by atoms with Gasteiger partial charge in [0.2, 0.25) is 5.91 Å². The Kier molecular flexibility index (Phi) is 3.05. The van der Waals surface area contributed by atoms with E-state index in [1.54, 1.807) is 11.3 Å². The van der Waals surface area contributed by atoms with Crippen LogP contribution in [0.1, 0.15) is 58.0 Å². The summed E-state index contributed by atoms with van der Waals surface area (Å²) >= 11 is 1.62. The standard InChI is InChI=1S/C14H22N2OS/c1-13(2,3)10-11-9(15-8-18-11)7-16(12(10)17)14(4,5)6/h8,10H,7H2,1-6H3. The molecule has 1 amide bonds. The van der Waals surface area contributed by atoms with Crippen molar-refractivity contribution in [3.8, 4) is 0 Å². The summed E-state index contributed by atoms with van der Waals surface area (Å²) in [6.07, 6.45) is 0. The molecule has 2 rings (SSSR count). The molecule has 0 radical (unpaired) electrons. The zero-order valence-electron chi connectivity index (χ0n) is 12.1. The van der Waals surface area contributed by atoms with Crippen molar-refractivity contribution >= 4 is 17.2 Å². The second-order valence-corrected chi connectivity index (χ2v) is 7.94. The molecular formula is C14H22N2OS. The summed E-state index contributed by atoms with van der Waals surface area (Å²) in [6.45, 7) is 13.3. The van der Waals surface area contributed by atoms with Crippen LogP contribution in [0.2, 0.25) is 0 Å². The zero-order chi connectivity index (χ0) is 13.7. The average Bonchev–Trinajstić information content (AvgIpc) is 2.59. The molecule has 0 spiro atoms. The summed E-state index contributed by atoms with van der Waals surface area (Å²) in [5.74, 6) is 0.180. The van der Waals surface area contributed by atoms with Crippen LogP contribution < -0.4 is 0 Å². The van der Waals surface area contributed by atoms with E-state index in [2.05, 4.69) is 46.5 Å². The van der Waals surface area contributed by atoms with E-state index in [1.807, 2.05) is 10.4 Å². The number of hydrogen-bond acceptors (Lipinski definition) is 3. The number of hydrogen-bond donors (Lipinski definition) is 0. The van der Waals surface area contributed by atoms with Gasteiger partial charge in [0.1, 0.15) is 0 Å². The Bertz CT molecular complexity index is 465. The molecule has 0 fully saturated rings. The van der Waals surface area contributed by atoms with Crippen molar-refractivity contribution < 1.29 is 4.79 Å². The Morgan fingerprint density at radius 1 is 1.28 bits per heavy atom. The van der Waals surface area contributed by atoms with Gasteiger partial charge in [-0.15, -0.1) is 11.3 Å². The van der Waals surface area contributed by atoms with Crippen LogP contribution in [0.25, 0.3) is 0 Å². The maximum absolute atomic E-state index is 12.8. The molecule has 0 aromatic carbocycles. The average molecular weight is 266 g/mol. The van der Waals surface area contributed by atoms with Gasteiger partial charge in [-0.25, -0.2) is 4.98 Å². The van der Waals surface area contributed by atoms with Crippen molar-refractivity contribution in [3.05, 3.63) is 16.1 Å². The molecule has 1 aromatic heterocycles. The van der Waals surface area contributed by atoms with E-state index < -0.39 is 0 Å². The number of aromatic nitrogens is 1. The largest absolute Gasteiger partial charge is 0.331 e. The van der Waals surface area contributed by atoms with Gasteiger partial charge in [0, 0.05) is 10.4 Å². The molecule has 1 aliphatic heterocycles. The van der Waals surface area contributed by atoms with E-state index in [4.69, 9.17) is 0 Å². The Labute approximate surface area is 113 Å². The van der Waals surface area contributed by atoms with E-state index in [0.29, 0.717) is 6.54 Å². The Morgan fingerprint density at radius 3 is 2.39 bits per heavy atom. The van der Waals surface area contributed by atoms with E-state index >= 15 is 0 Å². The molecular weight excluding hydrogens is 244 g/mol. The number of nitrogens with zero attached hydrogens (tertiary/aromatic N) is 2. The fourth-order valence-corrected chi connectivity index (χ4v) is 3.60. The number of amides is 1. The Hall–Kier alpha value is -0.900. The Morgan fingerprint density at radius 2 is 1.89 bits per heavy atom. The van der Waals surface area contributed by atoms with Crippen LogP contribution in [-0.2, 0) is 11.3 Å². The van der Waals surface area contributed by atoms with Crippen LogP contribution in [0.4, 0.5) is 0 Å². The molecule has 4 heteroatoms. The predicted molar refractivity (Wildman–Crippen MR) is 74.6 cm³/mol. The van der Waals surface area contributed by atoms with Crippen LogP contribution in [-0.4, -0.2) is 21.3 Å². The second-order valence-electron chi connectivity index (χ2n) is 7.06. The van der Waals surface area contributed by atoms with E-state index in [9.17, 15) is 4.79 Å². The topological polar surface area (TPSA) is 33.2 Å². The highest BCUT2D eigenvalue weighted by Crippen LogP contribution is 2.44. The van der Waals surface area contributed by atoms with Gasteiger partial charge < -0.3 is 4.90 Å². The lowest BCUT2D eigenvalue weighted by Crippen LogP contribution is -2.51.